The largest absolute Gasteiger partial charge is 0.350 e. The number of hydrogen-bond donors (Lipinski definition) is 1. The number of anilines is 1. The van der Waals surface area contributed by atoms with Crippen molar-refractivity contribution in [2.45, 2.75) is 25.2 Å². The summed E-state index contributed by atoms with van der Waals surface area (Å²) in [5.74, 6) is -0.649. The highest BCUT2D eigenvalue weighted by molar-refractivity contribution is 7.89. The van der Waals surface area contributed by atoms with Crippen LogP contribution in [0.4, 0.5) is 10.1 Å². The Balaban J connectivity index is 1.66. The zero-order valence-corrected chi connectivity index (χ0v) is 17.1. The van der Waals surface area contributed by atoms with Gasteiger partial charge < -0.3 is 9.88 Å². The molecular weight excluding hydrogens is 393 g/mol. The second kappa shape index (κ2) is 7.27. The topological polar surface area (TPSA) is 73.5 Å². The van der Waals surface area contributed by atoms with Crippen molar-refractivity contribution >= 4 is 32.5 Å². The summed E-state index contributed by atoms with van der Waals surface area (Å²) in [5.41, 5.74) is 2.37. The van der Waals surface area contributed by atoms with E-state index < -0.39 is 10.0 Å². The van der Waals surface area contributed by atoms with Crippen LogP contribution in [0.5, 0.6) is 0 Å². The molecule has 0 saturated carbocycles. The van der Waals surface area contributed by atoms with Crippen LogP contribution in [-0.4, -0.2) is 43.2 Å². The third-order valence-corrected chi connectivity index (χ3v) is 7.42. The lowest BCUT2D eigenvalue weighted by Crippen LogP contribution is -2.31. The van der Waals surface area contributed by atoms with E-state index in [2.05, 4.69) is 4.98 Å². The van der Waals surface area contributed by atoms with E-state index in [1.165, 1.54) is 16.4 Å². The summed E-state index contributed by atoms with van der Waals surface area (Å²) in [5, 5.41) is 0.371. The van der Waals surface area contributed by atoms with Gasteiger partial charge in [-0.05, 0) is 48.4 Å². The lowest BCUT2D eigenvalue weighted by molar-refractivity contribution is 0.0985. The van der Waals surface area contributed by atoms with E-state index in [4.69, 9.17) is 0 Å². The predicted octanol–water partition coefficient (Wildman–Crippen LogP) is 3.54. The molecule has 1 aromatic heterocycles. The van der Waals surface area contributed by atoms with E-state index in [1.807, 2.05) is 0 Å². The molecule has 0 radical (unpaired) electrons. The predicted molar refractivity (Wildman–Crippen MR) is 110 cm³/mol. The van der Waals surface area contributed by atoms with Gasteiger partial charge in [0.05, 0.1) is 4.90 Å². The van der Waals surface area contributed by atoms with Gasteiger partial charge in [-0.2, -0.15) is 4.31 Å². The molecule has 0 spiro atoms. The number of aromatic nitrogens is 1. The van der Waals surface area contributed by atoms with Crippen LogP contribution in [0.15, 0.2) is 47.4 Å². The second-order valence-corrected chi connectivity index (χ2v) is 8.91. The van der Waals surface area contributed by atoms with E-state index in [1.54, 1.807) is 49.1 Å². The molecule has 2 aromatic carbocycles. The first kappa shape index (κ1) is 19.6. The summed E-state index contributed by atoms with van der Waals surface area (Å²) in [6.07, 6.45) is 0.567. The molecule has 8 heteroatoms. The molecule has 2 heterocycles. The summed E-state index contributed by atoms with van der Waals surface area (Å²) in [6, 6.07) is 11.1. The minimum atomic E-state index is -3.55. The fourth-order valence-electron chi connectivity index (χ4n) is 3.84. The summed E-state index contributed by atoms with van der Waals surface area (Å²) < 4.78 is 40.9. The highest BCUT2D eigenvalue weighted by Gasteiger charge is 2.29. The number of nitrogens with one attached hydrogen (secondary N) is 1. The first-order valence-electron chi connectivity index (χ1n) is 9.59. The van der Waals surface area contributed by atoms with Gasteiger partial charge in [0, 0.05) is 36.2 Å². The Labute approximate surface area is 169 Å². The summed E-state index contributed by atoms with van der Waals surface area (Å²) in [6.45, 7) is 4.85. The second-order valence-electron chi connectivity index (χ2n) is 6.97. The number of amides is 1. The lowest BCUT2D eigenvalue weighted by atomic mass is 10.2. The Morgan fingerprint density at radius 2 is 1.93 bits per heavy atom. The van der Waals surface area contributed by atoms with Crippen LogP contribution in [0.2, 0.25) is 0 Å². The molecule has 152 valence electrons. The zero-order chi connectivity index (χ0) is 20.8. The third kappa shape index (κ3) is 3.22. The van der Waals surface area contributed by atoms with E-state index >= 15 is 0 Å². The van der Waals surface area contributed by atoms with Crippen molar-refractivity contribution in [3.63, 3.8) is 0 Å². The fraction of sp³-hybridized carbons (Fsp3) is 0.286. The van der Waals surface area contributed by atoms with E-state index in [-0.39, 0.29) is 16.6 Å². The van der Waals surface area contributed by atoms with Gasteiger partial charge in [-0.25, -0.2) is 12.8 Å². The standard InChI is InChI=1S/C21H22FN3O3S/c1-3-24(4-2)29(27,28)15-8-9-20-14(12-15)10-11-25(20)21(26)19-13-16-17(22)6-5-7-18(16)23-19/h5-9,12-13,23H,3-4,10-11H2,1-2H3. The maximum absolute atomic E-state index is 14.0. The van der Waals surface area contributed by atoms with Crippen molar-refractivity contribution in [1.82, 2.24) is 9.29 Å². The number of fused-ring (bicyclic) bond motifs is 2. The van der Waals surface area contributed by atoms with Crippen LogP contribution in [-0.2, 0) is 16.4 Å². The van der Waals surface area contributed by atoms with Gasteiger partial charge in [0.25, 0.3) is 5.91 Å². The molecule has 0 saturated heterocycles. The number of aromatic amines is 1. The number of hydrogen-bond acceptors (Lipinski definition) is 3. The summed E-state index contributed by atoms with van der Waals surface area (Å²) in [4.78, 5) is 17.8. The highest BCUT2D eigenvalue weighted by atomic mass is 32.2. The molecule has 0 aliphatic carbocycles. The number of carbonyl (C=O) groups is 1. The minimum Gasteiger partial charge on any atom is -0.350 e. The van der Waals surface area contributed by atoms with Gasteiger partial charge in [-0.3, -0.25) is 4.79 Å². The zero-order valence-electron chi connectivity index (χ0n) is 16.3. The first-order chi connectivity index (χ1) is 13.9. The molecule has 29 heavy (non-hydrogen) atoms. The van der Waals surface area contributed by atoms with Crippen molar-refractivity contribution in [3.8, 4) is 0 Å². The Bertz CT molecular complexity index is 1200. The molecule has 0 atom stereocenters. The Morgan fingerprint density at radius 1 is 1.17 bits per heavy atom. The average Bonchev–Trinajstić information content (AvgIpc) is 3.33. The van der Waals surface area contributed by atoms with E-state index in [9.17, 15) is 17.6 Å². The Kier molecular flexibility index (Phi) is 4.92. The summed E-state index contributed by atoms with van der Waals surface area (Å²) in [7, 11) is -3.55. The number of sulfonamides is 1. The first-order valence-corrected chi connectivity index (χ1v) is 11.0. The highest BCUT2D eigenvalue weighted by Crippen LogP contribution is 2.32. The molecule has 1 aliphatic heterocycles. The molecule has 4 rings (SSSR count). The van der Waals surface area contributed by atoms with Crippen molar-refractivity contribution < 1.29 is 17.6 Å². The number of benzene rings is 2. The van der Waals surface area contributed by atoms with Crippen LogP contribution >= 0.6 is 0 Å². The lowest BCUT2D eigenvalue weighted by Gasteiger charge is -2.20. The fourth-order valence-corrected chi connectivity index (χ4v) is 5.35. The maximum atomic E-state index is 14.0. The third-order valence-electron chi connectivity index (χ3n) is 5.38. The SMILES string of the molecule is CCN(CC)S(=O)(=O)c1ccc2c(c1)CCN2C(=O)c1cc2c(F)cccc2[nH]1. The minimum absolute atomic E-state index is 0.238. The molecule has 1 N–H and O–H groups in total. The molecular formula is C21H22FN3O3S. The van der Waals surface area contributed by atoms with Gasteiger partial charge >= 0.3 is 0 Å². The molecule has 3 aromatic rings. The van der Waals surface area contributed by atoms with Crippen LogP contribution in [0, 0.1) is 5.82 Å². The van der Waals surface area contributed by atoms with E-state index in [0.29, 0.717) is 48.3 Å². The molecule has 6 nitrogen and oxygen atoms in total. The van der Waals surface area contributed by atoms with Gasteiger partial charge in [0.2, 0.25) is 10.0 Å². The van der Waals surface area contributed by atoms with Gasteiger partial charge in [-0.15, -0.1) is 0 Å². The van der Waals surface area contributed by atoms with Crippen molar-refractivity contribution in [2.24, 2.45) is 0 Å². The Morgan fingerprint density at radius 3 is 2.62 bits per heavy atom. The monoisotopic (exact) mass is 415 g/mol. The molecule has 0 unspecified atom stereocenters. The number of H-pyrrole nitrogens is 1. The normalized spacial score (nSPS) is 14.0. The quantitative estimate of drug-likeness (QED) is 0.693. The van der Waals surface area contributed by atoms with Crippen LogP contribution in [0.1, 0.15) is 29.9 Å². The summed E-state index contributed by atoms with van der Waals surface area (Å²) >= 11 is 0. The molecule has 1 amide bonds. The van der Waals surface area contributed by atoms with Gasteiger partial charge in [-0.1, -0.05) is 19.9 Å². The molecule has 1 aliphatic rings. The number of carbonyl (C=O) groups excluding carboxylic acids is 1. The van der Waals surface area contributed by atoms with Crippen LogP contribution in [0.3, 0.4) is 0 Å². The number of halogens is 1. The number of nitrogens with zero attached hydrogens (tertiary/aromatic N) is 2. The average molecular weight is 415 g/mol. The smallest absolute Gasteiger partial charge is 0.274 e. The van der Waals surface area contributed by atoms with Crippen molar-refractivity contribution in [3.05, 3.63) is 59.5 Å². The van der Waals surface area contributed by atoms with Crippen molar-refractivity contribution in [2.75, 3.05) is 24.5 Å². The van der Waals surface area contributed by atoms with Crippen LogP contribution in [0.25, 0.3) is 10.9 Å². The van der Waals surface area contributed by atoms with Crippen LogP contribution < -0.4 is 4.90 Å². The van der Waals surface area contributed by atoms with Crippen molar-refractivity contribution in [1.29, 1.82) is 0 Å². The van der Waals surface area contributed by atoms with Gasteiger partial charge in [0.1, 0.15) is 11.5 Å². The van der Waals surface area contributed by atoms with Gasteiger partial charge in [0.15, 0.2) is 0 Å². The maximum Gasteiger partial charge on any atom is 0.274 e. The Hall–Kier alpha value is -2.71. The molecule has 0 fully saturated rings. The number of rotatable bonds is 5. The van der Waals surface area contributed by atoms with E-state index in [0.717, 1.165) is 5.56 Å². The molecule has 0 bridgehead atoms.